The fraction of sp³-hybridized carbons (Fsp3) is 0.130. The Hall–Kier alpha value is -3.80. The highest BCUT2D eigenvalue weighted by molar-refractivity contribution is 5.89. The molecule has 4 heterocycles. The average molecular weight is 380 g/mol. The second kappa shape index (κ2) is 6.98. The van der Waals surface area contributed by atoms with Crippen LogP contribution in [0.25, 0.3) is 44.7 Å². The van der Waals surface area contributed by atoms with E-state index in [1.54, 1.807) is 6.33 Å². The first kappa shape index (κ1) is 17.3. The molecule has 5 rings (SSSR count). The molecule has 0 aliphatic heterocycles. The van der Waals surface area contributed by atoms with Crippen molar-refractivity contribution in [2.75, 3.05) is 0 Å². The Morgan fingerprint density at radius 3 is 2.69 bits per heavy atom. The second-order valence-corrected chi connectivity index (χ2v) is 7.01. The molecule has 0 saturated heterocycles. The number of pyridine rings is 2. The lowest BCUT2D eigenvalue weighted by atomic mass is 10.0. The number of aromatic amines is 1. The van der Waals surface area contributed by atoms with Crippen molar-refractivity contribution in [2.24, 2.45) is 0 Å². The van der Waals surface area contributed by atoms with Gasteiger partial charge in [-0.2, -0.15) is 5.10 Å². The first-order valence-electron chi connectivity index (χ1n) is 9.61. The predicted octanol–water partition coefficient (Wildman–Crippen LogP) is 4.88. The van der Waals surface area contributed by atoms with Crippen LogP contribution in [0.4, 0.5) is 0 Å². The maximum absolute atomic E-state index is 4.64. The zero-order valence-corrected chi connectivity index (χ0v) is 16.3. The van der Waals surface area contributed by atoms with Crippen molar-refractivity contribution < 1.29 is 0 Å². The molecule has 4 aromatic heterocycles. The van der Waals surface area contributed by atoms with Gasteiger partial charge < -0.3 is 4.98 Å². The normalized spacial score (nSPS) is 11.2. The summed E-state index contributed by atoms with van der Waals surface area (Å²) in [5.74, 6) is 0. The molecule has 0 radical (unpaired) electrons. The van der Waals surface area contributed by atoms with Crippen LogP contribution in [0.15, 0.2) is 67.4 Å². The van der Waals surface area contributed by atoms with Crippen molar-refractivity contribution in [3.63, 3.8) is 0 Å². The predicted molar refractivity (Wildman–Crippen MR) is 114 cm³/mol. The molecular formula is C23H20N6. The highest BCUT2D eigenvalue weighted by Crippen LogP contribution is 2.31. The smallest absolute Gasteiger partial charge is 0.0977 e. The monoisotopic (exact) mass is 380 g/mol. The van der Waals surface area contributed by atoms with Crippen LogP contribution in [0.2, 0.25) is 0 Å². The average Bonchev–Trinajstić information content (AvgIpc) is 3.42. The fourth-order valence-corrected chi connectivity index (χ4v) is 3.51. The number of aryl methyl sites for hydroxylation is 2. The minimum Gasteiger partial charge on any atom is -0.343 e. The lowest BCUT2D eigenvalue weighted by Gasteiger charge is -2.06. The topological polar surface area (TPSA) is 72.3 Å². The van der Waals surface area contributed by atoms with E-state index in [1.807, 2.05) is 54.5 Å². The number of benzene rings is 1. The molecule has 0 amide bonds. The first-order valence-corrected chi connectivity index (χ1v) is 9.61. The van der Waals surface area contributed by atoms with E-state index in [0.29, 0.717) is 0 Å². The number of nitrogens with one attached hydrogen (secondary N) is 1. The van der Waals surface area contributed by atoms with Crippen LogP contribution in [0.5, 0.6) is 0 Å². The number of imidazole rings is 1. The summed E-state index contributed by atoms with van der Waals surface area (Å²) >= 11 is 0. The van der Waals surface area contributed by atoms with E-state index in [2.05, 4.69) is 50.2 Å². The van der Waals surface area contributed by atoms with Crippen LogP contribution in [0.1, 0.15) is 12.6 Å². The minimum absolute atomic E-state index is 0.847. The van der Waals surface area contributed by atoms with E-state index in [-0.39, 0.29) is 0 Å². The van der Waals surface area contributed by atoms with Crippen LogP contribution in [0.3, 0.4) is 0 Å². The van der Waals surface area contributed by atoms with Gasteiger partial charge in [0, 0.05) is 46.7 Å². The number of hydrogen-bond donors (Lipinski definition) is 1. The molecular weight excluding hydrogens is 360 g/mol. The summed E-state index contributed by atoms with van der Waals surface area (Å²) in [7, 11) is 0. The van der Waals surface area contributed by atoms with Gasteiger partial charge in [0.25, 0.3) is 0 Å². The minimum atomic E-state index is 0.847. The highest BCUT2D eigenvalue weighted by Gasteiger charge is 2.13. The van der Waals surface area contributed by atoms with Crippen molar-refractivity contribution in [1.82, 2.24) is 29.7 Å². The van der Waals surface area contributed by atoms with Gasteiger partial charge in [0.1, 0.15) is 0 Å². The summed E-state index contributed by atoms with van der Waals surface area (Å²) in [6.45, 7) is 4.91. The van der Waals surface area contributed by atoms with Gasteiger partial charge in [0.05, 0.1) is 35.1 Å². The maximum atomic E-state index is 4.64. The number of rotatable bonds is 4. The Morgan fingerprint density at radius 2 is 1.86 bits per heavy atom. The molecule has 29 heavy (non-hydrogen) atoms. The number of hydrogen-bond acceptors (Lipinski definition) is 4. The molecule has 0 saturated carbocycles. The summed E-state index contributed by atoms with van der Waals surface area (Å²) < 4.78 is 1.92. The molecule has 0 fully saturated rings. The first-order chi connectivity index (χ1) is 14.2. The van der Waals surface area contributed by atoms with Gasteiger partial charge in [-0.25, -0.2) is 4.98 Å². The number of aromatic nitrogens is 6. The van der Waals surface area contributed by atoms with E-state index in [0.717, 1.165) is 56.9 Å². The number of fused-ring (bicyclic) bond motifs is 1. The summed E-state index contributed by atoms with van der Waals surface area (Å²) in [5.41, 5.74) is 7.76. The Kier molecular flexibility index (Phi) is 4.17. The van der Waals surface area contributed by atoms with Gasteiger partial charge >= 0.3 is 0 Å². The largest absolute Gasteiger partial charge is 0.343 e. The molecule has 6 nitrogen and oxygen atoms in total. The van der Waals surface area contributed by atoms with Gasteiger partial charge in [-0.3, -0.25) is 14.6 Å². The molecule has 0 aliphatic carbocycles. The summed E-state index contributed by atoms with van der Waals surface area (Å²) in [6.07, 6.45) is 7.54. The highest BCUT2D eigenvalue weighted by atomic mass is 15.3. The second-order valence-electron chi connectivity index (χ2n) is 7.01. The van der Waals surface area contributed by atoms with Crippen molar-refractivity contribution in [3.8, 4) is 33.8 Å². The van der Waals surface area contributed by atoms with Crippen LogP contribution in [0, 0.1) is 6.92 Å². The maximum Gasteiger partial charge on any atom is 0.0977 e. The van der Waals surface area contributed by atoms with Gasteiger partial charge in [0.15, 0.2) is 0 Å². The third-order valence-corrected chi connectivity index (χ3v) is 5.03. The standard InChI is InChI=1S/C23H20N6/c1-3-29-13-19(12-27-29)18-10-17-9-16(7-8-20(17)24-11-18)22-23(26-14-25-22)21-6-4-5-15(2)28-21/h4-14H,3H2,1-2H3,(H,25,26). The lowest BCUT2D eigenvalue weighted by molar-refractivity contribution is 0.660. The fourth-order valence-electron chi connectivity index (χ4n) is 3.51. The van der Waals surface area contributed by atoms with E-state index in [1.165, 1.54) is 0 Å². The third kappa shape index (κ3) is 3.18. The van der Waals surface area contributed by atoms with Gasteiger partial charge in [-0.15, -0.1) is 0 Å². The Bertz CT molecular complexity index is 1310. The molecule has 0 aliphatic rings. The lowest BCUT2D eigenvalue weighted by Crippen LogP contribution is -1.92. The van der Waals surface area contributed by atoms with Crippen LogP contribution < -0.4 is 0 Å². The zero-order valence-electron chi connectivity index (χ0n) is 16.3. The van der Waals surface area contributed by atoms with Crippen molar-refractivity contribution in [2.45, 2.75) is 20.4 Å². The molecule has 0 bridgehead atoms. The van der Waals surface area contributed by atoms with Crippen LogP contribution in [-0.2, 0) is 6.54 Å². The Morgan fingerprint density at radius 1 is 0.966 bits per heavy atom. The summed E-state index contributed by atoms with van der Waals surface area (Å²) in [5, 5.41) is 5.43. The molecule has 5 aromatic rings. The van der Waals surface area contributed by atoms with Gasteiger partial charge in [-0.1, -0.05) is 12.1 Å². The van der Waals surface area contributed by atoms with Crippen molar-refractivity contribution in [3.05, 3.63) is 73.1 Å². The molecule has 1 N–H and O–H groups in total. The molecule has 142 valence electrons. The number of nitrogens with zero attached hydrogens (tertiary/aromatic N) is 5. The van der Waals surface area contributed by atoms with Gasteiger partial charge in [-0.05, 0) is 44.2 Å². The van der Waals surface area contributed by atoms with E-state index >= 15 is 0 Å². The van der Waals surface area contributed by atoms with Crippen molar-refractivity contribution >= 4 is 10.9 Å². The van der Waals surface area contributed by atoms with E-state index in [4.69, 9.17) is 0 Å². The molecule has 6 heteroatoms. The third-order valence-electron chi connectivity index (χ3n) is 5.03. The van der Waals surface area contributed by atoms with Crippen molar-refractivity contribution in [1.29, 1.82) is 0 Å². The number of H-pyrrole nitrogens is 1. The molecule has 1 aromatic carbocycles. The van der Waals surface area contributed by atoms with Gasteiger partial charge in [0.2, 0.25) is 0 Å². The molecule has 0 atom stereocenters. The summed E-state index contributed by atoms with van der Waals surface area (Å²) in [6, 6.07) is 14.4. The Balaban J connectivity index is 1.59. The molecule has 0 unspecified atom stereocenters. The van der Waals surface area contributed by atoms with Crippen LogP contribution in [-0.4, -0.2) is 29.7 Å². The summed E-state index contributed by atoms with van der Waals surface area (Å²) in [4.78, 5) is 17.1. The SMILES string of the molecule is CCn1cc(-c2cnc3ccc(-c4nc[nH]c4-c4cccc(C)n4)cc3c2)cn1. The molecule has 0 spiro atoms. The van der Waals surface area contributed by atoms with E-state index in [9.17, 15) is 0 Å². The van der Waals surface area contributed by atoms with E-state index < -0.39 is 0 Å². The zero-order chi connectivity index (χ0) is 19.8. The Labute approximate surface area is 168 Å². The van der Waals surface area contributed by atoms with Crippen LogP contribution >= 0.6 is 0 Å². The quantitative estimate of drug-likeness (QED) is 0.482.